The van der Waals surface area contributed by atoms with Crippen LogP contribution in [0.4, 0.5) is 5.88 Å². The first kappa shape index (κ1) is 19.1. The Bertz CT molecular complexity index is 1190. The van der Waals surface area contributed by atoms with Gasteiger partial charge in [-0.05, 0) is 18.4 Å². The molecule has 7 nitrogen and oxygen atoms in total. The lowest BCUT2D eigenvalue weighted by molar-refractivity contribution is 0.326. The van der Waals surface area contributed by atoms with Crippen molar-refractivity contribution in [3.63, 3.8) is 0 Å². The predicted molar refractivity (Wildman–Crippen MR) is 114 cm³/mol. The minimum Gasteiger partial charge on any atom is -0.423 e. The van der Waals surface area contributed by atoms with E-state index in [-0.39, 0.29) is 5.92 Å². The van der Waals surface area contributed by atoms with E-state index in [1.54, 1.807) is 0 Å². The van der Waals surface area contributed by atoms with Crippen LogP contribution in [0.5, 0.6) is 0 Å². The van der Waals surface area contributed by atoms with Gasteiger partial charge in [-0.2, -0.15) is 10.2 Å². The average Bonchev–Trinajstić information content (AvgIpc) is 3.48. The van der Waals surface area contributed by atoms with Crippen LogP contribution in [0.2, 0.25) is 0 Å². The van der Waals surface area contributed by atoms with Crippen molar-refractivity contribution in [2.45, 2.75) is 25.2 Å². The molecular weight excluding hydrogens is 390 g/mol. The first-order valence-corrected chi connectivity index (χ1v) is 10.4. The third-order valence-corrected chi connectivity index (χ3v) is 5.56. The fourth-order valence-electron chi connectivity index (χ4n) is 3.92. The normalized spacial score (nSPS) is 14.5. The molecule has 1 fully saturated rings. The van der Waals surface area contributed by atoms with E-state index in [4.69, 9.17) is 8.94 Å². The largest absolute Gasteiger partial charge is 0.423 e. The zero-order chi connectivity index (χ0) is 21.0. The number of rotatable bonds is 5. The van der Waals surface area contributed by atoms with Gasteiger partial charge in [-0.25, -0.2) is 4.98 Å². The third-order valence-electron chi connectivity index (χ3n) is 5.56. The molecule has 2 aromatic heterocycles. The first-order chi connectivity index (χ1) is 15.3. The van der Waals surface area contributed by atoms with Crippen molar-refractivity contribution >= 4 is 5.88 Å². The third kappa shape index (κ3) is 4.05. The van der Waals surface area contributed by atoms with Gasteiger partial charge in [0.15, 0.2) is 0 Å². The molecule has 3 heterocycles. The quantitative estimate of drug-likeness (QED) is 0.475. The van der Waals surface area contributed by atoms with Gasteiger partial charge in [0, 0.05) is 31.0 Å². The van der Waals surface area contributed by atoms with E-state index in [9.17, 15) is 5.26 Å². The van der Waals surface area contributed by atoms with Gasteiger partial charge < -0.3 is 13.8 Å². The number of nitrogens with zero attached hydrogens (tertiary/aromatic N) is 5. The minimum absolute atomic E-state index is 0.193. The Labute approximate surface area is 180 Å². The highest BCUT2D eigenvalue weighted by Gasteiger charge is 2.29. The van der Waals surface area contributed by atoms with Crippen LogP contribution in [-0.2, 0) is 6.42 Å². The van der Waals surface area contributed by atoms with Crippen molar-refractivity contribution in [1.29, 1.82) is 5.26 Å². The summed E-state index contributed by atoms with van der Waals surface area (Å²) in [5, 5.41) is 13.7. The summed E-state index contributed by atoms with van der Waals surface area (Å²) in [5.74, 6) is 2.59. The number of aromatic nitrogens is 3. The summed E-state index contributed by atoms with van der Waals surface area (Å²) in [4.78, 5) is 11.1. The average molecular weight is 411 g/mol. The molecule has 4 aromatic rings. The van der Waals surface area contributed by atoms with Crippen LogP contribution >= 0.6 is 0 Å². The summed E-state index contributed by atoms with van der Waals surface area (Å²) < 4.78 is 11.5. The lowest BCUT2D eigenvalue weighted by atomic mass is 9.97. The Balaban J connectivity index is 1.27. The number of hydrogen-bond donors (Lipinski definition) is 0. The molecule has 0 saturated carbocycles. The molecule has 0 radical (unpaired) electrons. The molecule has 0 bridgehead atoms. The van der Waals surface area contributed by atoms with Crippen LogP contribution in [-0.4, -0.2) is 28.2 Å². The summed E-state index contributed by atoms with van der Waals surface area (Å²) in [6.45, 7) is 1.48. The Kier molecular flexibility index (Phi) is 5.19. The monoisotopic (exact) mass is 411 g/mol. The van der Waals surface area contributed by atoms with Crippen LogP contribution < -0.4 is 4.90 Å². The van der Waals surface area contributed by atoms with E-state index >= 15 is 0 Å². The highest BCUT2D eigenvalue weighted by atomic mass is 16.5. The lowest BCUT2D eigenvalue weighted by Gasteiger charge is -2.29. The standard InChI is InChI=1S/C24H21N5O2/c25-16-20-24(30-21(26-20)15-17-7-3-1-4-8-17)29-13-11-19(12-14-29)23-27-22(28-31-23)18-9-5-2-6-10-18/h1-10,19H,11-15H2. The zero-order valence-corrected chi connectivity index (χ0v) is 16.9. The fraction of sp³-hybridized carbons (Fsp3) is 0.250. The molecule has 0 amide bonds. The minimum atomic E-state index is 0.193. The molecular formula is C24H21N5O2. The fourth-order valence-corrected chi connectivity index (χ4v) is 3.92. The van der Waals surface area contributed by atoms with E-state index in [1.807, 2.05) is 60.7 Å². The molecule has 0 unspecified atom stereocenters. The number of oxazole rings is 1. The van der Waals surface area contributed by atoms with Crippen molar-refractivity contribution in [3.8, 4) is 17.5 Å². The zero-order valence-electron chi connectivity index (χ0n) is 16.9. The van der Waals surface area contributed by atoms with E-state index < -0.39 is 0 Å². The maximum atomic E-state index is 9.54. The number of piperidine rings is 1. The molecule has 1 saturated heterocycles. The predicted octanol–water partition coefficient (Wildman–Crippen LogP) is 4.57. The topological polar surface area (TPSA) is 92.0 Å². The molecule has 1 aliphatic rings. The Morgan fingerprint density at radius 3 is 2.39 bits per heavy atom. The second-order valence-electron chi connectivity index (χ2n) is 7.62. The Hall–Kier alpha value is -3.92. The summed E-state index contributed by atoms with van der Waals surface area (Å²) in [7, 11) is 0. The first-order valence-electron chi connectivity index (χ1n) is 10.4. The number of nitriles is 1. The summed E-state index contributed by atoms with van der Waals surface area (Å²) in [5.41, 5.74) is 2.39. The number of benzene rings is 2. The summed E-state index contributed by atoms with van der Waals surface area (Å²) in [6, 6.07) is 22.0. The maximum absolute atomic E-state index is 9.54. The van der Waals surface area contributed by atoms with E-state index in [1.165, 1.54) is 0 Å². The lowest BCUT2D eigenvalue weighted by Crippen LogP contribution is -2.33. The van der Waals surface area contributed by atoms with Crippen LogP contribution in [0.25, 0.3) is 11.4 Å². The van der Waals surface area contributed by atoms with E-state index in [0.29, 0.717) is 35.6 Å². The Morgan fingerprint density at radius 2 is 1.68 bits per heavy atom. The van der Waals surface area contributed by atoms with Gasteiger partial charge in [0.2, 0.25) is 29.2 Å². The van der Waals surface area contributed by atoms with Gasteiger partial charge >= 0.3 is 0 Å². The molecule has 0 spiro atoms. The van der Waals surface area contributed by atoms with Crippen molar-refractivity contribution in [1.82, 2.24) is 15.1 Å². The van der Waals surface area contributed by atoms with Crippen LogP contribution in [0, 0.1) is 11.3 Å². The maximum Gasteiger partial charge on any atom is 0.234 e. The molecule has 7 heteroatoms. The van der Waals surface area contributed by atoms with Crippen LogP contribution in [0.1, 0.15) is 41.8 Å². The van der Waals surface area contributed by atoms with Gasteiger partial charge in [0.05, 0.1) is 0 Å². The van der Waals surface area contributed by atoms with Crippen LogP contribution in [0.3, 0.4) is 0 Å². The highest BCUT2D eigenvalue weighted by Crippen LogP contribution is 2.32. The molecule has 0 N–H and O–H groups in total. The molecule has 0 atom stereocenters. The van der Waals surface area contributed by atoms with Gasteiger partial charge in [-0.1, -0.05) is 65.8 Å². The summed E-state index contributed by atoms with van der Waals surface area (Å²) in [6.07, 6.45) is 2.25. The molecule has 1 aliphatic heterocycles. The van der Waals surface area contributed by atoms with Gasteiger partial charge in [-0.3, -0.25) is 0 Å². The van der Waals surface area contributed by atoms with E-state index in [0.717, 1.165) is 37.1 Å². The summed E-state index contributed by atoms with van der Waals surface area (Å²) >= 11 is 0. The van der Waals surface area contributed by atoms with E-state index in [2.05, 4.69) is 26.1 Å². The second-order valence-corrected chi connectivity index (χ2v) is 7.62. The number of hydrogen-bond acceptors (Lipinski definition) is 7. The van der Waals surface area contributed by atoms with Crippen molar-refractivity contribution < 1.29 is 8.94 Å². The molecule has 31 heavy (non-hydrogen) atoms. The van der Waals surface area contributed by atoms with Gasteiger partial charge in [0.1, 0.15) is 6.07 Å². The van der Waals surface area contributed by atoms with Crippen molar-refractivity contribution in [2.24, 2.45) is 0 Å². The second kappa shape index (κ2) is 8.44. The van der Waals surface area contributed by atoms with Crippen molar-refractivity contribution in [2.75, 3.05) is 18.0 Å². The number of anilines is 1. The van der Waals surface area contributed by atoms with Gasteiger partial charge in [0.25, 0.3) is 0 Å². The Morgan fingerprint density at radius 1 is 0.968 bits per heavy atom. The smallest absolute Gasteiger partial charge is 0.234 e. The molecule has 2 aromatic carbocycles. The molecule has 154 valence electrons. The molecule has 0 aliphatic carbocycles. The van der Waals surface area contributed by atoms with Crippen LogP contribution in [0.15, 0.2) is 69.6 Å². The van der Waals surface area contributed by atoms with Crippen molar-refractivity contribution in [3.05, 3.63) is 83.7 Å². The highest BCUT2D eigenvalue weighted by molar-refractivity contribution is 5.53. The molecule has 5 rings (SSSR count). The van der Waals surface area contributed by atoms with Gasteiger partial charge in [-0.15, -0.1) is 0 Å². The SMILES string of the molecule is N#Cc1nc(Cc2ccccc2)oc1N1CCC(c2nc(-c3ccccc3)no2)CC1.